The normalized spacial score (nSPS) is 34.6. The van der Waals surface area contributed by atoms with Crippen molar-refractivity contribution in [1.82, 2.24) is 0 Å². The fraction of sp³-hybridized carbons (Fsp3) is 0.600. The molecule has 5 nitrogen and oxygen atoms in total. The zero-order valence-corrected chi connectivity index (χ0v) is 14.8. The van der Waals surface area contributed by atoms with Crippen LogP contribution in [0.5, 0.6) is 5.75 Å². The Labute approximate surface area is 151 Å². The van der Waals surface area contributed by atoms with Gasteiger partial charge in [-0.3, -0.25) is 9.59 Å². The van der Waals surface area contributed by atoms with Crippen LogP contribution in [0.2, 0.25) is 0 Å². The molecule has 0 amide bonds. The molecule has 0 spiro atoms. The van der Waals surface area contributed by atoms with Gasteiger partial charge in [0.05, 0.1) is 18.1 Å². The number of hydrogen-bond acceptors (Lipinski definition) is 5. The smallest absolute Gasteiger partial charge is 0.312 e. The molecule has 0 radical (unpaired) electrons. The molecule has 5 rings (SSSR count). The molecule has 0 heterocycles. The Balaban J connectivity index is 1.43. The van der Waals surface area contributed by atoms with Gasteiger partial charge in [0.15, 0.2) is 24.0 Å². The largest absolute Gasteiger partial charge is 0.494 e. The molecule has 4 fully saturated rings. The van der Waals surface area contributed by atoms with Gasteiger partial charge in [-0.05, 0) is 68.6 Å². The average Bonchev–Trinajstić information content (AvgIpc) is 2.57. The first kappa shape index (κ1) is 17.5. The van der Waals surface area contributed by atoms with Gasteiger partial charge in [-0.25, -0.2) is 4.39 Å². The number of rotatable bonds is 5. The predicted octanol–water partition coefficient (Wildman–Crippen LogP) is 2.89. The molecular weight excluding hydrogens is 339 g/mol. The second-order valence-electron chi connectivity index (χ2n) is 8.31. The molecule has 1 aromatic carbocycles. The number of methoxy groups -OCH3 is 1. The van der Waals surface area contributed by atoms with Crippen molar-refractivity contribution in [3.05, 3.63) is 29.6 Å². The van der Waals surface area contributed by atoms with E-state index in [4.69, 9.17) is 9.47 Å². The van der Waals surface area contributed by atoms with Crippen LogP contribution >= 0.6 is 0 Å². The molecule has 1 aromatic rings. The molecule has 4 aliphatic carbocycles. The number of ether oxygens (including phenoxy) is 2. The lowest BCUT2D eigenvalue weighted by Gasteiger charge is -2.58. The first-order chi connectivity index (χ1) is 12.3. The lowest BCUT2D eigenvalue weighted by Crippen LogP contribution is -2.58. The summed E-state index contributed by atoms with van der Waals surface area (Å²) in [6, 6.07) is 3.91. The van der Waals surface area contributed by atoms with Gasteiger partial charge in [0, 0.05) is 5.56 Å². The summed E-state index contributed by atoms with van der Waals surface area (Å²) in [6.07, 6.45) is 4.50. The molecule has 0 aliphatic heterocycles. The Morgan fingerprint density at radius 3 is 2.50 bits per heavy atom. The van der Waals surface area contributed by atoms with Gasteiger partial charge >= 0.3 is 5.97 Å². The van der Waals surface area contributed by atoms with E-state index in [0.717, 1.165) is 38.2 Å². The zero-order valence-electron chi connectivity index (χ0n) is 14.8. The van der Waals surface area contributed by atoms with Crippen molar-refractivity contribution in [2.75, 3.05) is 13.7 Å². The van der Waals surface area contributed by atoms with Gasteiger partial charge in [0.2, 0.25) is 0 Å². The van der Waals surface area contributed by atoms with Crippen molar-refractivity contribution in [3.8, 4) is 5.75 Å². The minimum absolute atomic E-state index is 0.0559. The predicted molar refractivity (Wildman–Crippen MR) is 90.3 cm³/mol. The number of Topliss-reactive ketones (excluding diaryl/α,β-unsaturated/α-hetero) is 1. The summed E-state index contributed by atoms with van der Waals surface area (Å²) in [5.74, 6) is -0.704. The van der Waals surface area contributed by atoms with Crippen molar-refractivity contribution < 1.29 is 28.6 Å². The van der Waals surface area contributed by atoms with E-state index in [1.54, 1.807) is 0 Å². The lowest BCUT2D eigenvalue weighted by atomic mass is 9.48. The van der Waals surface area contributed by atoms with Gasteiger partial charge in [-0.2, -0.15) is 0 Å². The second-order valence-corrected chi connectivity index (χ2v) is 8.31. The molecule has 4 bridgehead atoms. The maximum Gasteiger partial charge on any atom is 0.312 e. The summed E-state index contributed by atoms with van der Waals surface area (Å²) in [4.78, 5) is 25.0. The molecule has 2 unspecified atom stereocenters. The van der Waals surface area contributed by atoms with E-state index in [9.17, 15) is 19.1 Å². The SMILES string of the molecule is COc1ccc(C(=O)COC(=O)C23CC4CC(CC(O)(C4)C2)C3)cc1F. The molecule has 4 saturated carbocycles. The number of halogens is 1. The van der Waals surface area contributed by atoms with Gasteiger partial charge in [0.1, 0.15) is 0 Å². The van der Waals surface area contributed by atoms with Gasteiger partial charge in [-0.15, -0.1) is 0 Å². The Morgan fingerprint density at radius 2 is 1.92 bits per heavy atom. The van der Waals surface area contributed by atoms with Crippen LogP contribution in [0.15, 0.2) is 18.2 Å². The van der Waals surface area contributed by atoms with Crippen molar-refractivity contribution >= 4 is 11.8 Å². The highest BCUT2D eigenvalue weighted by atomic mass is 19.1. The van der Waals surface area contributed by atoms with Gasteiger partial charge < -0.3 is 14.6 Å². The molecule has 0 aromatic heterocycles. The Morgan fingerprint density at radius 1 is 1.23 bits per heavy atom. The van der Waals surface area contributed by atoms with E-state index >= 15 is 0 Å². The van der Waals surface area contributed by atoms with E-state index in [1.165, 1.54) is 19.2 Å². The minimum atomic E-state index is -0.758. The average molecular weight is 362 g/mol. The number of esters is 1. The standard InChI is InChI=1S/C20H23FO5/c1-25-17-3-2-14(5-15(17)21)16(22)10-26-18(23)19-6-12-4-13(7-19)9-20(24,8-12)11-19/h2-3,5,12-13,24H,4,6-11H2,1H3. The van der Waals surface area contributed by atoms with Crippen molar-refractivity contribution in [2.45, 2.75) is 44.1 Å². The Kier molecular flexibility index (Phi) is 4.06. The third-order valence-electron chi connectivity index (χ3n) is 6.27. The van der Waals surface area contributed by atoms with E-state index in [0.29, 0.717) is 18.3 Å². The summed E-state index contributed by atoms with van der Waals surface area (Å²) in [5.41, 5.74) is -1.28. The highest BCUT2D eigenvalue weighted by Crippen LogP contribution is 2.61. The van der Waals surface area contributed by atoms with Gasteiger partial charge in [0.25, 0.3) is 0 Å². The first-order valence-electron chi connectivity index (χ1n) is 9.09. The van der Waals surface area contributed by atoms with Crippen molar-refractivity contribution in [1.29, 1.82) is 0 Å². The van der Waals surface area contributed by atoms with E-state index in [2.05, 4.69) is 0 Å². The van der Waals surface area contributed by atoms with E-state index < -0.39 is 35.2 Å². The zero-order chi connectivity index (χ0) is 18.5. The number of hydrogen-bond donors (Lipinski definition) is 1. The first-order valence-corrected chi connectivity index (χ1v) is 9.09. The molecule has 0 saturated heterocycles. The van der Waals surface area contributed by atoms with Crippen LogP contribution in [-0.4, -0.2) is 36.2 Å². The monoisotopic (exact) mass is 362 g/mol. The van der Waals surface area contributed by atoms with Crippen molar-refractivity contribution in [3.63, 3.8) is 0 Å². The second kappa shape index (κ2) is 6.05. The maximum absolute atomic E-state index is 13.7. The van der Waals surface area contributed by atoms with Crippen LogP contribution in [-0.2, 0) is 9.53 Å². The Bertz CT molecular complexity index is 745. The fourth-order valence-corrected chi connectivity index (χ4v) is 5.66. The van der Waals surface area contributed by atoms with Crippen LogP contribution in [0, 0.1) is 23.1 Å². The van der Waals surface area contributed by atoms with Crippen LogP contribution in [0.4, 0.5) is 4.39 Å². The summed E-state index contributed by atoms with van der Waals surface area (Å²) in [5, 5.41) is 10.7. The summed E-state index contributed by atoms with van der Waals surface area (Å²) in [6.45, 7) is -0.417. The van der Waals surface area contributed by atoms with Crippen LogP contribution < -0.4 is 4.74 Å². The summed E-state index contributed by atoms with van der Waals surface area (Å²) >= 11 is 0. The quantitative estimate of drug-likeness (QED) is 0.644. The molecule has 140 valence electrons. The van der Waals surface area contributed by atoms with E-state index in [-0.39, 0.29) is 11.3 Å². The third-order valence-corrected chi connectivity index (χ3v) is 6.27. The lowest BCUT2D eigenvalue weighted by molar-refractivity contribution is -0.195. The molecule has 26 heavy (non-hydrogen) atoms. The molecular formula is C20H23FO5. The fourth-order valence-electron chi connectivity index (χ4n) is 5.66. The van der Waals surface area contributed by atoms with Gasteiger partial charge in [-0.1, -0.05) is 0 Å². The number of carbonyl (C=O) groups excluding carboxylic acids is 2. The van der Waals surface area contributed by atoms with Crippen LogP contribution in [0.1, 0.15) is 48.9 Å². The third kappa shape index (κ3) is 2.90. The molecule has 6 heteroatoms. The number of ketones is 1. The van der Waals surface area contributed by atoms with E-state index in [1.807, 2.05) is 0 Å². The highest BCUT2D eigenvalue weighted by molar-refractivity contribution is 5.98. The van der Waals surface area contributed by atoms with Crippen molar-refractivity contribution in [2.24, 2.45) is 17.3 Å². The van der Waals surface area contributed by atoms with Crippen LogP contribution in [0.3, 0.4) is 0 Å². The number of carbonyl (C=O) groups is 2. The highest BCUT2D eigenvalue weighted by Gasteiger charge is 2.60. The molecule has 4 aliphatic rings. The molecule has 1 N–H and O–H groups in total. The van der Waals surface area contributed by atoms with Crippen LogP contribution in [0.25, 0.3) is 0 Å². The Hall–Kier alpha value is -1.95. The topological polar surface area (TPSA) is 72.8 Å². The number of aliphatic hydroxyl groups is 1. The molecule has 2 atom stereocenters. The summed E-state index contributed by atoms with van der Waals surface area (Å²) in [7, 11) is 1.35. The number of benzene rings is 1. The minimum Gasteiger partial charge on any atom is -0.494 e. The maximum atomic E-state index is 13.7. The summed E-state index contributed by atoms with van der Waals surface area (Å²) < 4.78 is 23.9.